The van der Waals surface area contributed by atoms with Crippen molar-refractivity contribution in [1.82, 2.24) is 0 Å². The molecule has 0 fully saturated rings. The van der Waals surface area contributed by atoms with Gasteiger partial charge >= 0.3 is 0 Å². The highest BCUT2D eigenvalue weighted by Gasteiger charge is 2.18. The van der Waals surface area contributed by atoms with Crippen LogP contribution < -0.4 is 19.7 Å². The van der Waals surface area contributed by atoms with Crippen LogP contribution in [0.4, 0.5) is 11.4 Å². The summed E-state index contributed by atoms with van der Waals surface area (Å²) in [4.78, 5) is 25.7. The average Bonchev–Trinajstić information content (AvgIpc) is 2.60. The number of carbonyl (C=O) groups excluding carboxylic acids is 2. The highest BCUT2D eigenvalue weighted by molar-refractivity contribution is 6.01. The van der Waals surface area contributed by atoms with E-state index in [1.807, 2.05) is 31.2 Å². The van der Waals surface area contributed by atoms with Gasteiger partial charge in [-0.05, 0) is 31.2 Å². The first-order valence-corrected chi connectivity index (χ1v) is 7.81. The van der Waals surface area contributed by atoms with E-state index >= 15 is 0 Å². The summed E-state index contributed by atoms with van der Waals surface area (Å²) in [6.45, 7) is 3.29. The molecule has 132 valence electrons. The van der Waals surface area contributed by atoms with Crippen LogP contribution in [0.1, 0.15) is 12.5 Å². The zero-order valence-corrected chi connectivity index (χ0v) is 14.8. The average molecular weight is 342 g/mol. The third kappa shape index (κ3) is 4.73. The molecule has 0 saturated carbocycles. The highest BCUT2D eigenvalue weighted by atomic mass is 16.5. The second-order valence-electron chi connectivity index (χ2n) is 5.56. The number of nitrogens with zero attached hydrogens (tertiary/aromatic N) is 1. The standard InChI is InChI=1S/C19H22N2O4/c1-13-5-7-15(8-6-13)20-19(23)12-21(14(2)22)16-9-10-17(24-3)18(11-16)25-4/h5-11H,12H2,1-4H3,(H,20,23). The molecule has 0 spiro atoms. The Morgan fingerprint density at radius 3 is 2.20 bits per heavy atom. The number of amides is 2. The molecule has 1 N–H and O–H groups in total. The van der Waals surface area contributed by atoms with Crippen LogP contribution >= 0.6 is 0 Å². The normalized spacial score (nSPS) is 10.1. The Labute approximate surface area is 147 Å². The van der Waals surface area contributed by atoms with Crippen molar-refractivity contribution < 1.29 is 19.1 Å². The fraction of sp³-hybridized carbons (Fsp3) is 0.263. The lowest BCUT2D eigenvalue weighted by Crippen LogP contribution is -2.36. The van der Waals surface area contributed by atoms with Gasteiger partial charge in [-0.15, -0.1) is 0 Å². The van der Waals surface area contributed by atoms with E-state index in [2.05, 4.69) is 5.32 Å². The molecule has 0 saturated heterocycles. The van der Waals surface area contributed by atoms with Crippen molar-refractivity contribution in [3.8, 4) is 11.5 Å². The van der Waals surface area contributed by atoms with Gasteiger partial charge in [0.1, 0.15) is 6.54 Å². The van der Waals surface area contributed by atoms with Gasteiger partial charge < -0.3 is 19.7 Å². The number of aryl methyl sites for hydroxylation is 1. The summed E-state index contributed by atoms with van der Waals surface area (Å²) in [5, 5.41) is 2.79. The molecule has 2 aromatic rings. The van der Waals surface area contributed by atoms with Crippen LogP contribution in [0.5, 0.6) is 11.5 Å². The molecule has 0 aliphatic heterocycles. The second kappa shape index (κ2) is 8.19. The molecule has 0 aromatic heterocycles. The number of anilines is 2. The van der Waals surface area contributed by atoms with Gasteiger partial charge in [0.15, 0.2) is 11.5 Å². The molecule has 2 rings (SSSR count). The minimum Gasteiger partial charge on any atom is -0.493 e. The van der Waals surface area contributed by atoms with Crippen molar-refractivity contribution >= 4 is 23.2 Å². The molecule has 2 aromatic carbocycles. The number of benzene rings is 2. The molecular weight excluding hydrogens is 320 g/mol. The van der Waals surface area contributed by atoms with Gasteiger partial charge in [-0.3, -0.25) is 9.59 Å². The number of hydrogen-bond acceptors (Lipinski definition) is 4. The molecule has 0 unspecified atom stereocenters. The van der Waals surface area contributed by atoms with Crippen LogP contribution in [-0.4, -0.2) is 32.6 Å². The maximum Gasteiger partial charge on any atom is 0.244 e. The quantitative estimate of drug-likeness (QED) is 0.876. The van der Waals surface area contributed by atoms with Crippen LogP contribution in [-0.2, 0) is 9.59 Å². The molecule has 6 nitrogen and oxygen atoms in total. The number of rotatable bonds is 6. The monoisotopic (exact) mass is 342 g/mol. The van der Waals surface area contributed by atoms with E-state index in [0.717, 1.165) is 5.56 Å². The van der Waals surface area contributed by atoms with Crippen molar-refractivity contribution in [2.45, 2.75) is 13.8 Å². The van der Waals surface area contributed by atoms with E-state index in [-0.39, 0.29) is 18.4 Å². The Balaban J connectivity index is 2.16. The van der Waals surface area contributed by atoms with Crippen molar-refractivity contribution in [2.24, 2.45) is 0 Å². The van der Waals surface area contributed by atoms with Gasteiger partial charge in [0, 0.05) is 24.4 Å². The van der Waals surface area contributed by atoms with Crippen LogP contribution in [0, 0.1) is 6.92 Å². The van der Waals surface area contributed by atoms with Crippen molar-refractivity contribution in [2.75, 3.05) is 31.0 Å². The van der Waals surface area contributed by atoms with Crippen LogP contribution in [0.15, 0.2) is 42.5 Å². The molecule has 0 radical (unpaired) electrons. The lowest BCUT2D eigenvalue weighted by atomic mass is 10.2. The fourth-order valence-electron chi connectivity index (χ4n) is 2.36. The number of carbonyl (C=O) groups is 2. The summed E-state index contributed by atoms with van der Waals surface area (Å²) in [6.07, 6.45) is 0. The zero-order valence-electron chi connectivity index (χ0n) is 14.8. The summed E-state index contributed by atoms with van der Waals surface area (Å²) >= 11 is 0. The minimum atomic E-state index is -0.283. The predicted octanol–water partition coefficient (Wildman–Crippen LogP) is 3.00. The lowest BCUT2D eigenvalue weighted by molar-refractivity contribution is -0.120. The third-order valence-corrected chi connectivity index (χ3v) is 3.70. The van der Waals surface area contributed by atoms with Gasteiger partial charge in [0.05, 0.1) is 14.2 Å². The van der Waals surface area contributed by atoms with Gasteiger partial charge in [0.2, 0.25) is 11.8 Å². The van der Waals surface area contributed by atoms with Crippen molar-refractivity contribution in [1.29, 1.82) is 0 Å². The van der Waals surface area contributed by atoms with Crippen molar-refractivity contribution in [3.63, 3.8) is 0 Å². The first-order valence-electron chi connectivity index (χ1n) is 7.81. The van der Waals surface area contributed by atoms with E-state index in [9.17, 15) is 9.59 Å². The van der Waals surface area contributed by atoms with Crippen LogP contribution in [0.3, 0.4) is 0 Å². The Morgan fingerprint density at radius 1 is 1.00 bits per heavy atom. The lowest BCUT2D eigenvalue weighted by Gasteiger charge is -2.22. The van der Waals surface area contributed by atoms with Gasteiger partial charge in [-0.1, -0.05) is 17.7 Å². The summed E-state index contributed by atoms with van der Waals surface area (Å²) in [7, 11) is 3.05. The summed E-state index contributed by atoms with van der Waals surface area (Å²) in [6, 6.07) is 12.5. The Bertz CT molecular complexity index is 757. The first kappa shape index (κ1) is 18.3. The molecule has 2 amide bonds. The van der Waals surface area contributed by atoms with E-state index in [0.29, 0.717) is 22.9 Å². The van der Waals surface area contributed by atoms with Crippen molar-refractivity contribution in [3.05, 3.63) is 48.0 Å². The molecule has 0 bridgehead atoms. The minimum absolute atomic E-state index is 0.0985. The van der Waals surface area contributed by atoms with E-state index < -0.39 is 0 Å². The summed E-state index contributed by atoms with van der Waals surface area (Å²) in [5.74, 6) is 0.518. The number of hydrogen-bond donors (Lipinski definition) is 1. The Hall–Kier alpha value is -3.02. The molecule has 0 aliphatic rings. The number of methoxy groups -OCH3 is 2. The molecule has 0 heterocycles. The summed E-state index contributed by atoms with van der Waals surface area (Å²) in [5.41, 5.74) is 2.35. The Morgan fingerprint density at radius 2 is 1.64 bits per heavy atom. The second-order valence-corrected chi connectivity index (χ2v) is 5.56. The molecule has 0 atom stereocenters. The smallest absolute Gasteiger partial charge is 0.244 e. The molecule has 0 aliphatic carbocycles. The van der Waals surface area contributed by atoms with Gasteiger partial charge in [-0.25, -0.2) is 0 Å². The largest absolute Gasteiger partial charge is 0.493 e. The van der Waals surface area contributed by atoms with E-state index in [1.165, 1.54) is 26.0 Å². The van der Waals surface area contributed by atoms with Crippen LogP contribution in [0.25, 0.3) is 0 Å². The highest BCUT2D eigenvalue weighted by Crippen LogP contribution is 2.31. The molecule has 25 heavy (non-hydrogen) atoms. The van der Waals surface area contributed by atoms with Gasteiger partial charge in [-0.2, -0.15) is 0 Å². The topological polar surface area (TPSA) is 67.9 Å². The number of nitrogens with one attached hydrogen (secondary N) is 1. The zero-order chi connectivity index (χ0) is 18.4. The van der Waals surface area contributed by atoms with Crippen LogP contribution in [0.2, 0.25) is 0 Å². The SMILES string of the molecule is COc1ccc(N(CC(=O)Nc2ccc(C)cc2)C(C)=O)cc1OC. The third-order valence-electron chi connectivity index (χ3n) is 3.70. The predicted molar refractivity (Wildman–Crippen MR) is 97.4 cm³/mol. The Kier molecular flexibility index (Phi) is 6.00. The molecule has 6 heteroatoms. The fourth-order valence-corrected chi connectivity index (χ4v) is 2.36. The first-order chi connectivity index (χ1) is 11.9. The van der Waals surface area contributed by atoms with E-state index in [4.69, 9.17) is 9.47 Å². The number of ether oxygens (including phenoxy) is 2. The summed E-state index contributed by atoms with van der Waals surface area (Å²) < 4.78 is 10.4. The maximum absolute atomic E-state index is 12.3. The maximum atomic E-state index is 12.3. The van der Waals surface area contributed by atoms with E-state index in [1.54, 1.807) is 18.2 Å². The molecular formula is C19H22N2O4. The van der Waals surface area contributed by atoms with Gasteiger partial charge in [0.25, 0.3) is 0 Å².